The topological polar surface area (TPSA) is 87.2 Å². The van der Waals surface area contributed by atoms with Crippen molar-refractivity contribution in [2.45, 2.75) is 68.9 Å². The van der Waals surface area contributed by atoms with Gasteiger partial charge in [0.15, 0.2) is 0 Å². The van der Waals surface area contributed by atoms with Crippen LogP contribution in [-0.2, 0) is 19.1 Å². The fourth-order valence-electron chi connectivity index (χ4n) is 5.96. The van der Waals surface area contributed by atoms with Crippen LogP contribution in [0.15, 0.2) is 12.7 Å². The summed E-state index contributed by atoms with van der Waals surface area (Å²) in [6.45, 7) is 11.4. The highest BCUT2D eigenvalue weighted by Crippen LogP contribution is 2.68. The molecule has 0 radical (unpaired) electrons. The first kappa shape index (κ1) is 25.1. The van der Waals surface area contributed by atoms with Crippen LogP contribution in [0.5, 0.6) is 0 Å². The lowest BCUT2D eigenvalue weighted by Gasteiger charge is -2.40. The molecule has 32 heavy (non-hydrogen) atoms. The summed E-state index contributed by atoms with van der Waals surface area (Å²) in [7, 11) is 0. The molecular weight excluding hydrogens is 428 g/mol. The van der Waals surface area contributed by atoms with Crippen molar-refractivity contribution in [1.82, 2.24) is 9.80 Å². The lowest BCUT2D eigenvalue weighted by molar-refractivity contribution is -0.154. The van der Waals surface area contributed by atoms with Crippen LogP contribution < -0.4 is 0 Å². The van der Waals surface area contributed by atoms with Gasteiger partial charge in [-0.05, 0) is 32.1 Å². The number of rotatable bonds is 12. The summed E-state index contributed by atoms with van der Waals surface area (Å²) < 4.78 is 4.73. The van der Waals surface area contributed by atoms with Crippen molar-refractivity contribution in [3.63, 3.8) is 0 Å². The highest BCUT2D eigenvalue weighted by molar-refractivity contribution is 8.02. The van der Waals surface area contributed by atoms with Gasteiger partial charge in [-0.1, -0.05) is 32.8 Å². The fourth-order valence-corrected chi connectivity index (χ4v) is 8.36. The van der Waals surface area contributed by atoms with E-state index in [4.69, 9.17) is 4.74 Å². The van der Waals surface area contributed by atoms with E-state index in [2.05, 4.69) is 20.4 Å². The van der Waals surface area contributed by atoms with Crippen LogP contribution in [-0.4, -0.2) is 81.6 Å². The van der Waals surface area contributed by atoms with Crippen molar-refractivity contribution in [3.05, 3.63) is 12.7 Å². The number of hydrogen-bond acceptors (Lipinski definition) is 6. The zero-order valence-electron chi connectivity index (χ0n) is 19.6. The number of likely N-dealkylation sites (tertiary alicyclic amines) is 1. The van der Waals surface area contributed by atoms with Gasteiger partial charge in [0.1, 0.15) is 6.04 Å². The number of aliphatic hydroxyl groups excluding tert-OH is 1. The molecule has 3 unspecified atom stereocenters. The van der Waals surface area contributed by atoms with E-state index in [1.54, 1.807) is 29.7 Å². The highest BCUT2D eigenvalue weighted by Gasteiger charge is 2.76. The summed E-state index contributed by atoms with van der Waals surface area (Å²) in [6.07, 6.45) is 5.93. The number of amides is 2. The Bertz CT molecular complexity index is 731. The molecule has 6 atom stereocenters. The second-order valence-electron chi connectivity index (χ2n) is 9.19. The second kappa shape index (κ2) is 10.6. The molecule has 3 saturated heterocycles. The number of nitrogens with zero attached hydrogens (tertiary/aromatic N) is 2. The normalized spacial score (nSPS) is 32.8. The van der Waals surface area contributed by atoms with Crippen LogP contribution in [0.3, 0.4) is 0 Å². The zero-order valence-corrected chi connectivity index (χ0v) is 20.4. The van der Waals surface area contributed by atoms with E-state index in [-0.39, 0.29) is 42.2 Å². The maximum absolute atomic E-state index is 14.0. The predicted octanol–water partition coefficient (Wildman–Crippen LogP) is 2.47. The molecule has 2 bridgehead atoms. The summed E-state index contributed by atoms with van der Waals surface area (Å²) >= 11 is 1.66. The van der Waals surface area contributed by atoms with Gasteiger partial charge in [-0.2, -0.15) is 0 Å². The molecule has 8 heteroatoms. The standard InChI is InChI=1S/C24H38N2O5S/c1-5-8-9-12-25(11-6-2)22(29)20-24-16(4)15-17(32-24)18(23(30)31-7-3)19(24)21(28)26(20)13-10-14-27/h6,16-20,27H,2,5,7-15H2,1,3-4H3/t16?,17-,18+,19+,20?,24?/m1/s1. The minimum atomic E-state index is -0.629. The summed E-state index contributed by atoms with van der Waals surface area (Å²) in [5.41, 5.74) is 0. The van der Waals surface area contributed by atoms with E-state index in [9.17, 15) is 19.5 Å². The van der Waals surface area contributed by atoms with Gasteiger partial charge in [0.2, 0.25) is 11.8 Å². The van der Waals surface area contributed by atoms with Crippen molar-refractivity contribution >= 4 is 29.5 Å². The SMILES string of the molecule is C=CCN(CCCCC)C(=O)C1N(CCCO)C(=O)[C@@H]2[C@@H](C(=O)OCC)[C@H]3CC(C)C12S3. The smallest absolute Gasteiger partial charge is 0.310 e. The van der Waals surface area contributed by atoms with Crippen LogP contribution in [0, 0.1) is 17.8 Å². The predicted molar refractivity (Wildman–Crippen MR) is 125 cm³/mol. The number of carbonyl (C=O) groups is 3. The van der Waals surface area contributed by atoms with Gasteiger partial charge >= 0.3 is 5.97 Å². The Balaban J connectivity index is 2.00. The zero-order chi connectivity index (χ0) is 23.5. The summed E-state index contributed by atoms with van der Waals surface area (Å²) in [6, 6.07) is -0.627. The quantitative estimate of drug-likeness (QED) is 0.270. The molecule has 3 aliphatic heterocycles. The van der Waals surface area contributed by atoms with E-state index < -0.39 is 22.6 Å². The third-order valence-corrected chi connectivity index (χ3v) is 9.36. The first-order valence-corrected chi connectivity index (χ1v) is 12.9. The number of hydrogen-bond donors (Lipinski definition) is 1. The number of unbranched alkanes of at least 4 members (excludes halogenated alkanes) is 2. The number of fused-ring (bicyclic) bond motifs is 1. The van der Waals surface area contributed by atoms with Crippen LogP contribution in [0.2, 0.25) is 0 Å². The first-order valence-electron chi connectivity index (χ1n) is 12.0. The highest BCUT2D eigenvalue weighted by atomic mass is 32.2. The average molecular weight is 467 g/mol. The molecule has 2 amide bonds. The monoisotopic (exact) mass is 466 g/mol. The van der Waals surface area contributed by atoms with Gasteiger partial charge in [-0.3, -0.25) is 14.4 Å². The molecule has 0 aromatic rings. The maximum atomic E-state index is 14.0. The van der Waals surface area contributed by atoms with Gasteiger partial charge in [0.25, 0.3) is 0 Å². The summed E-state index contributed by atoms with van der Waals surface area (Å²) in [4.78, 5) is 44.1. The average Bonchev–Trinajstić information content (AvgIpc) is 3.35. The Kier molecular flexibility index (Phi) is 8.31. The van der Waals surface area contributed by atoms with Crippen molar-refractivity contribution in [3.8, 4) is 0 Å². The molecule has 0 aromatic heterocycles. The second-order valence-corrected chi connectivity index (χ2v) is 10.7. The van der Waals surface area contributed by atoms with Gasteiger partial charge < -0.3 is 19.6 Å². The molecule has 180 valence electrons. The largest absolute Gasteiger partial charge is 0.466 e. The molecule has 0 aliphatic carbocycles. The third kappa shape index (κ3) is 4.09. The number of aliphatic hydroxyl groups is 1. The van der Waals surface area contributed by atoms with Crippen LogP contribution >= 0.6 is 11.8 Å². The van der Waals surface area contributed by atoms with Gasteiger partial charge in [-0.15, -0.1) is 18.3 Å². The molecule has 3 aliphatic rings. The minimum Gasteiger partial charge on any atom is -0.466 e. The van der Waals surface area contributed by atoms with Gasteiger partial charge in [-0.25, -0.2) is 0 Å². The van der Waals surface area contributed by atoms with Crippen molar-refractivity contribution in [2.24, 2.45) is 17.8 Å². The molecular formula is C24H38N2O5S. The summed E-state index contributed by atoms with van der Waals surface area (Å²) in [5, 5.41) is 9.44. The number of carbonyl (C=O) groups excluding carboxylic acids is 3. The lowest BCUT2D eigenvalue weighted by Crippen LogP contribution is -2.57. The van der Waals surface area contributed by atoms with E-state index in [0.717, 1.165) is 25.7 Å². The van der Waals surface area contributed by atoms with E-state index >= 15 is 0 Å². The Morgan fingerprint density at radius 1 is 1.34 bits per heavy atom. The molecule has 3 fully saturated rings. The molecule has 0 saturated carbocycles. The number of esters is 1. The number of thioether (sulfide) groups is 1. The van der Waals surface area contributed by atoms with Crippen molar-refractivity contribution < 1.29 is 24.2 Å². The van der Waals surface area contributed by atoms with E-state index in [1.807, 2.05) is 4.90 Å². The van der Waals surface area contributed by atoms with Crippen LogP contribution in [0.4, 0.5) is 0 Å². The third-order valence-electron chi connectivity index (χ3n) is 7.29. The molecule has 1 N–H and O–H groups in total. The fraction of sp³-hybridized carbons (Fsp3) is 0.792. The van der Waals surface area contributed by atoms with Crippen LogP contribution in [0.1, 0.15) is 52.9 Å². The van der Waals surface area contributed by atoms with E-state index in [0.29, 0.717) is 26.1 Å². The number of ether oxygens (including phenoxy) is 1. The molecule has 7 nitrogen and oxygen atoms in total. The molecule has 1 spiro atoms. The van der Waals surface area contributed by atoms with E-state index in [1.165, 1.54) is 0 Å². The lowest BCUT2D eigenvalue weighted by atomic mass is 9.66. The maximum Gasteiger partial charge on any atom is 0.310 e. The van der Waals surface area contributed by atoms with Gasteiger partial charge in [0.05, 0.1) is 23.2 Å². The minimum absolute atomic E-state index is 0.00115. The Labute approximate surface area is 195 Å². The molecule has 0 aromatic carbocycles. The van der Waals surface area contributed by atoms with Crippen LogP contribution in [0.25, 0.3) is 0 Å². The molecule has 3 rings (SSSR count). The van der Waals surface area contributed by atoms with Crippen molar-refractivity contribution in [2.75, 3.05) is 32.8 Å². The van der Waals surface area contributed by atoms with Crippen molar-refractivity contribution in [1.29, 1.82) is 0 Å². The first-order chi connectivity index (χ1) is 15.4. The molecule has 3 heterocycles. The Hall–Kier alpha value is -1.54. The Morgan fingerprint density at radius 2 is 2.09 bits per heavy atom. The Morgan fingerprint density at radius 3 is 2.72 bits per heavy atom. The van der Waals surface area contributed by atoms with Gasteiger partial charge in [0, 0.05) is 31.5 Å². The summed E-state index contributed by atoms with van der Waals surface area (Å²) in [5.74, 6) is -1.44.